The number of aliphatic carboxylic acids is 2. The van der Waals surface area contributed by atoms with E-state index in [1.165, 1.54) is 0 Å². The lowest BCUT2D eigenvalue weighted by atomic mass is 10.1. The summed E-state index contributed by atoms with van der Waals surface area (Å²) >= 11 is 0. The maximum atomic E-state index is 11.5. The lowest BCUT2D eigenvalue weighted by Gasteiger charge is -2.14. The molecule has 0 saturated carbocycles. The molecule has 0 aliphatic carbocycles. The minimum atomic E-state index is -1.28. The van der Waals surface area contributed by atoms with Gasteiger partial charge in [0.2, 0.25) is 0 Å². The number of pyridine rings is 1. The number of amides is 2. The molecule has 1 rings (SSSR count). The predicted molar refractivity (Wildman–Crippen MR) is 67.9 cm³/mol. The van der Waals surface area contributed by atoms with E-state index in [0.717, 1.165) is 5.56 Å². The fraction of sp³-hybridized carbons (Fsp3) is 0.333. The van der Waals surface area contributed by atoms with E-state index in [1.54, 1.807) is 24.5 Å². The number of carbonyl (C=O) groups is 3. The van der Waals surface area contributed by atoms with Crippen LogP contribution in [0.25, 0.3) is 0 Å². The van der Waals surface area contributed by atoms with Crippen molar-refractivity contribution in [2.75, 3.05) is 0 Å². The van der Waals surface area contributed by atoms with Crippen molar-refractivity contribution >= 4 is 18.0 Å². The van der Waals surface area contributed by atoms with Gasteiger partial charge in [-0.3, -0.25) is 9.78 Å². The zero-order chi connectivity index (χ0) is 15.0. The second-order valence-electron chi connectivity index (χ2n) is 4.01. The Morgan fingerprint density at radius 1 is 1.30 bits per heavy atom. The van der Waals surface area contributed by atoms with Gasteiger partial charge in [-0.25, -0.2) is 9.59 Å². The van der Waals surface area contributed by atoms with Gasteiger partial charge in [0.25, 0.3) is 0 Å². The first-order valence-corrected chi connectivity index (χ1v) is 5.87. The minimum absolute atomic E-state index is 0.176. The first-order valence-electron chi connectivity index (χ1n) is 5.87. The Kier molecular flexibility index (Phi) is 5.95. The van der Waals surface area contributed by atoms with Gasteiger partial charge in [0, 0.05) is 25.4 Å². The smallest absolute Gasteiger partial charge is 0.326 e. The number of rotatable bonds is 7. The Morgan fingerprint density at radius 3 is 2.60 bits per heavy atom. The third-order valence-corrected chi connectivity index (χ3v) is 2.43. The van der Waals surface area contributed by atoms with Gasteiger partial charge in [-0.2, -0.15) is 0 Å². The number of urea groups is 1. The van der Waals surface area contributed by atoms with Gasteiger partial charge in [0.05, 0.1) is 0 Å². The summed E-state index contributed by atoms with van der Waals surface area (Å²) in [4.78, 5) is 36.7. The van der Waals surface area contributed by atoms with Crippen LogP contribution >= 0.6 is 0 Å². The van der Waals surface area contributed by atoms with Gasteiger partial charge in [-0.1, -0.05) is 6.07 Å². The van der Waals surface area contributed by atoms with E-state index < -0.39 is 24.0 Å². The quantitative estimate of drug-likeness (QED) is 0.565. The summed E-state index contributed by atoms with van der Waals surface area (Å²) in [5.74, 6) is -2.39. The average Bonchev–Trinajstić information content (AvgIpc) is 2.41. The van der Waals surface area contributed by atoms with Crippen LogP contribution in [0.4, 0.5) is 4.79 Å². The lowest BCUT2D eigenvalue weighted by Crippen LogP contribution is -2.46. The molecule has 0 saturated heterocycles. The minimum Gasteiger partial charge on any atom is -0.481 e. The van der Waals surface area contributed by atoms with Crippen molar-refractivity contribution in [3.63, 3.8) is 0 Å². The summed E-state index contributed by atoms with van der Waals surface area (Å²) < 4.78 is 0. The molecule has 20 heavy (non-hydrogen) atoms. The third-order valence-electron chi connectivity index (χ3n) is 2.43. The van der Waals surface area contributed by atoms with E-state index in [9.17, 15) is 14.4 Å². The highest BCUT2D eigenvalue weighted by Crippen LogP contribution is 1.99. The Balaban J connectivity index is 2.41. The predicted octanol–water partition coefficient (Wildman–Crippen LogP) is 0.199. The first-order chi connectivity index (χ1) is 9.49. The lowest BCUT2D eigenvalue weighted by molar-refractivity contribution is -0.140. The normalized spacial score (nSPS) is 11.4. The first kappa shape index (κ1) is 15.4. The molecule has 8 nitrogen and oxygen atoms in total. The fourth-order valence-electron chi connectivity index (χ4n) is 1.42. The molecule has 1 unspecified atom stereocenters. The monoisotopic (exact) mass is 281 g/mol. The Hall–Kier alpha value is -2.64. The molecule has 0 bridgehead atoms. The van der Waals surface area contributed by atoms with Gasteiger partial charge in [0.1, 0.15) is 6.04 Å². The summed E-state index contributed by atoms with van der Waals surface area (Å²) in [6.07, 6.45) is 2.65. The maximum Gasteiger partial charge on any atom is 0.326 e. The van der Waals surface area contributed by atoms with Crippen LogP contribution in [0.15, 0.2) is 24.5 Å². The molecule has 0 aliphatic heterocycles. The van der Waals surface area contributed by atoms with Crippen LogP contribution < -0.4 is 10.6 Å². The van der Waals surface area contributed by atoms with E-state index in [-0.39, 0.29) is 19.4 Å². The van der Waals surface area contributed by atoms with Crippen LogP contribution in [-0.2, 0) is 16.1 Å². The number of carbonyl (C=O) groups excluding carboxylic acids is 1. The topological polar surface area (TPSA) is 129 Å². The largest absolute Gasteiger partial charge is 0.481 e. The van der Waals surface area contributed by atoms with Crippen molar-refractivity contribution in [2.45, 2.75) is 25.4 Å². The van der Waals surface area contributed by atoms with Gasteiger partial charge >= 0.3 is 18.0 Å². The molecule has 0 aliphatic rings. The molecule has 4 N–H and O–H groups in total. The molecule has 1 aromatic heterocycles. The number of aromatic nitrogens is 1. The summed E-state index contributed by atoms with van der Waals surface area (Å²) in [5.41, 5.74) is 0.764. The molecule has 0 spiro atoms. The highest BCUT2D eigenvalue weighted by atomic mass is 16.4. The average molecular weight is 281 g/mol. The molecule has 0 aromatic carbocycles. The number of hydrogen-bond donors (Lipinski definition) is 4. The van der Waals surface area contributed by atoms with Crippen molar-refractivity contribution in [3.05, 3.63) is 30.1 Å². The number of carboxylic acids is 2. The zero-order valence-electron chi connectivity index (χ0n) is 10.6. The van der Waals surface area contributed by atoms with Crippen molar-refractivity contribution in [3.8, 4) is 0 Å². The fourth-order valence-corrected chi connectivity index (χ4v) is 1.42. The number of nitrogens with one attached hydrogen (secondary N) is 2. The highest BCUT2D eigenvalue weighted by Gasteiger charge is 2.20. The van der Waals surface area contributed by atoms with E-state index in [1.807, 2.05) is 0 Å². The summed E-state index contributed by atoms with van der Waals surface area (Å²) in [6, 6.07) is 1.56. The van der Waals surface area contributed by atoms with Gasteiger partial charge < -0.3 is 20.8 Å². The van der Waals surface area contributed by atoms with Gasteiger partial charge in [-0.15, -0.1) is 0 Å². The van der Waals surface area contributed by atoms with Crippen molar-refractivity contribution in [2.24, 2.45) is 0 Å². The highest BCUT2D eigenvalue weighted by molar-refractivity contribution is 5.82. The second kappa shape index (κ2) is 7.72. The van der Waals surface area contributed by atoms with Crippen LogP contribution in [0.5, 0.6) is 0 Å². The molecule has 8 heteroatoms. The van der Waals surface area contributed by atoms with E-state index in [0.29, 0.717) is 0 Å². The van der Waals surface area contributed by atoms with Crippen LogP contribution in [0, 0.1) is 0 Å². The molecule has 1 atom stereocenters. The zero-order valence-corrected chi connectivity index (χ0v) is 10.6. The number of carboxylic acid groups (broad SMARTS) is 2. The van der Waals surface area contributed by atoms with Crippen LogP contribution in [-0.4, -0.2) is 39.2 Å². The second-order valence-corrected chi connectivity index (χ2v) is 4.01. The summed E-state index contributed by atoms with van der Waals surface area (Å²) in [7, 11) is 0. The molecule has 108 valence electrons. The summed E-state index contributed by atoms with van der Waals surface area (Å²) in [6.45, 7) is 0.199. The molecule has 0 fully saturated rings. The van der Waals surface area contributed by atoms with Gasteiger partial charge in [0.15, 0.2) is 0 Å². The number of nitrogens with zero attached hydrogens (tertiary/aromatic N) is 1. The Labute approximate surface area is 114 Å². The Bertz CT molecular complexity index is 477. The molecular formula is C12H15N3O5. The van der Waals surface area contributed by atoms with E-state index in [2.05, 4.69) is 15.6 Å². The molecule has 1 heterocycles. The van der Waals surface area contributed by atoms with Crippen molar-refractivity contribution in [1.29, 1.82) is 0 Å². The molecular weight excluding hydrogens is 266 g/mol. The third kappa shape index (κ3) is 5.80. The maximum absolute atomic E-state index is 11.5. The Morgan fingerprint density at radius 2 is 2.05 bits per heavy atom. The van der Waals surface area contributed by atoms with Crippen LogP contribution in [0.3, 0.4) is 0 Å². The van der Waals surface area contributed by atoms with E-state index >= 15 is 0 Å². The standard InChI is InChI=1S/C12H15N3O5/c16-10(17)4-3-9(11(18)19)15-12(20)14-7-8-2-1-5-13-6-8/h1-2,5-6,9H,3-4,7H2,(H,16,17)(H,18,19)(H2,14,15,20). The molecule has 0 radical (unpaired) electrons. The van der Waals surface area contributed by atoms with Crippen LogP contribution in [0.1, 0.15) is 18.4 Å². The van der Waals surface area contributed by atoms with Crippen molar-refractivity contribution in [1.82, 2.24) is 15.6 Å². The molecule has 2 amide bonds. The summed E-state index contributed by atoms with van der Waals surface area (Å²) in [5, 5.41) is 22.1. The SMILES string of the molecule is O=C(O)CCC(NC(=O)NCc1cccnc1)C(=O)O. The van der Waals surface area contributed by atoms with Crippen molar-refractivity contribution < 1.29 is 24.6 Å². The molecule has 1 aromatic rings. The van der Waals surface area contributed by atoms with Crippen LogP contribution in [0.2, 0.25) is 0 Å². The number of hydrogen-bond acceptors (Lipinski definition) is 4. The van der Waals surface area contributed by atoms with E-state index in [4.69, 9.17) is 10.2 Å². The van der Waals surface area contributed by atoms with Gasteiger partial charge in [-0.05, 0) is 18.1 Å².